The lowest BCUT2D eigenvalue weighted by atomic mass is 10.0. The van der Waals surface area contributed by atoms with Crippen molar-refractivity contribution in [2.24, 2.45) is 5.92 Å². The van der Waals surface area contributed by atoms with E-state index in [1.165, 1.54) is 0 Å². The molecule has 0 fully saturated rings. The number of fused-ring (bicyclic) bond motifs is 1. The summed E-state index contributed by atoms with van der Waals surface area (Å²) >= 11 is 6.23. The molecule has 0 bridgehead atoms. The number of halogens is 1. The highest BCUT2D eigenvalue weighted by Crippen LogP contribution is 2.22. The summed E-state index contributed by atoms with van der Waals surface area (Å²) in [5, 5.41) is 4.40. The second kappa shape index (κ2) is 6.90. The number of pyridine rings is 1. The molecule has 0 aliphatic rings. The SMILES string of the molecule is CC(C)CCC(C)NC(=O)c1cc(Cl)c2ccccc2n1. The Kier molecular flexibility index (Phi) is 5.18. The molecule has 0 radical (unpaired) electrons. The first-order valence-corrected chi connectivity index (χ1v) is 7.71. The van der Waals surface area contributed by atoms with Crippen LogP contribution in [0.25, 0.3) is 10.9 Å². The minimum absolute atomic E-state index is 0.131. The number of nitrogens with zero attached hydrogens (tertiary/aromatic N) is 1. The van der Waals surface area contributed by atoms with Gasteiger partial charge in [0.2, 0.25) is 0 Å². The monoisotopic (exact) mass is 304 g/mol. The van der Waals surface area contributed by atoms with E-state index in [1.54, 1.807) is 6.07 Å². The molecule has 0 spiro atoms. The molecule has 1 aromatic carbocycles. The summed E-state index contributed by atoms with van der Waals surface area (Å²) in [4.78, 5) is 16.7. The zero-order valence-corrected chi connectivity index (χ0v) is 13.4. The van der Waals surface area contributed by atoms with Crippen LogP contribution in [0.1, 0.15) is 44.1 Å². The summed E-state index contributed by atoms with van der Waals surface area (Å²) in [5.41, 5.74) is 1.11. The maximum atomic E-state index is 12.3. The average molecular weight is 305 g/mol. The normalized spacial score (nSPS) is 12.6. The second-order valence-electron chi connectivity index (χ2n) is 5.85. The van der Waals surface area contributed by atoms with Crippen molar-refractivity contribution in [2.75, 3.05) is 0 Å². The number of para-hydroxylation sites is 1. The maximum absolute atomic E-state index is 12.3. The van der Waals surface area contributed by atoms with Gasteiger partial charge in [0.05, 0.1) is 10.5 Å². The fourth-order valence-corrected chi connectivity index (χ4v) is 2.47. The third-order valence-electron chi connectivity index (χ3n) is 3.45. The van der Waals surface area contributed by atoms with E-state index in [1.807, 2.05) is 31.2 Å². The first-order chi connectivity index (χ1) is 9.97. The van der Waals surface area contributed by atoms with E-state index in [9.17, 15) is 4.79 Å². The molecule has 1 atom stereocenters. The molecule has 1 aromatic heterocycles. The second-order valence-corrected chi connectivity index (χ2v) is 6.26. The lowest BCUT2D eigenvalue weighted by molar-refractivity contribution is 0.0932. The Balaban J connectivity index is 2.12. The van der Waals surface area contributed by atoms with Crippen LogP contribution in [0.2, 0.25) is 5.02 Å². The zero-order chi connectivity index (χ0) is 15.4. The van der Waals surface area contributed by atoms with Gasteiger partial charge in [-0.15, -0.1) is 0 Å². The summed E-state index contributed by atoms with van der Waals surface area (Å²) in [5.74, 6) is 0.469. The van der Waals surface area contributed by atoms with Gasteiger partial charge in [0.1, 0.15) is 5.69 Å². The molecule has 2 rings (SSSR count). The molecule has 21 heavy (non-hydrogen) atoms. The van der Waals surface area contributed by atoms with Crippen LogP contribution in [0.5, 0.6) is 0 Å². The topological polar surface area (TPSA) is 42.0 Å². The molecule has 0 aliphatic carbocycles. The van der Waals surface area contributed by atoms with Crippen molar-refractivity contribution in [1.82, 2.24) is 10.3 Å². The first-order valence-electron chi connectivity index (χ1n) is 7.33. The number of nitrogens with one attached hydrogen (secondary N) is 1. The number of amides is 1. The summed E-state index contributed by atoms with van der Waals surface area (Å²) < 4.78 is 0. The van der Waals surface area contributed by atoms with Crippen LogP contribution in [0.15, 0.2) is 30.3 Å². The van der Waals surface area contributed by atoms with Gasteiger partial charge >= 0.3 is 0 Å². The van der Waals surface area contributed by atoms with E-state index in [4.69, 9.17) is 11.6 Å². The summed E-state index contributed by atoms with van der Waals surface area (Å²) in [6.07, 6.45) is 2.05. The Morgan fingerprint density at radius 1 is 1.24 bits per heavy atom. The van der Waals surface area contributed by atoms with Crippen molar-refractivity contribution in [3.05, 3.63) is 41.0 Å². The highest BCUT2D eigenvalue weighted by molar-refractivity contribution is 6.35. The summed E-state index contributed by atoms with van der Waals surface area (Å²) in [7, 11) is 0. The molecule has 0 saturated heterocycles. The van der Waals surface area contributed by atoms with Crippen LogP contribution in [0.3, 0.4) is 0 Å². The van der Waals surface area contributed by atoms with Crippen LogP contribution in [0.4, 0.5) is 0 Å². The number of aromatic nitrogens is 1. The zero-order valence-electron chi connectivity index (χ0n) is 12.7. The van der Waals surface area contributed by atoms with Crippen molar-refractivity contribution in [1.29, 1.82) is 0 Å². The van der Waals surface area contributed by atoms with Gasteiger partial charge in [0.15, 0.2) is 0 Å². The molecule has 1 N–H and O–H groups in total. The van der Waals surface area contributed by atoms with E-state index in [-0.39, 0.29) is 11.9 Å². The van der Waals surface area contributed by atoms with Crippen LogP contribution in [-0.2, 0) is 0 Å². The van der Waals surface area contributed by atoms with Crippen molar-refractivity contribution >= 4 is 28.4 Å². The number of carbonyl (C=O) groups excluding carboxylic acids is 1. The van der Waals surface area contributed by atoms with Crippen molar-refractivity contribution in [3.63, 3.8) is 0 Å². The maximum Gasteiger partial charge on any atom is 0.270 e. The molecule has 1 heterocycles. The van der Waals surface area contributed by atoms with Crippen LogP contribution in [-0.4, -0.2) is 16.9 Å². The van der Waals surface area contributed by atoms with E-state index < -0.39 is 0 Å². The van der Waals surface area contributed by atoms with Crippen LogP contribution < -0.4 is 5.32 Å². The largest absolute Gasteiger partial charge is 0.348 e. The van der Waals surface area contributed by atoms with Gasteiger partial charge in [-0.2, -0.15) is 0 Å². The lowest BCUT2D eigenvalue weighted by Gasteiger charge is -2.15. The predicted octanol–water partition coefficient (Wildman–Crippen LogP) is 4.44. The van der Waals surface area contributed by atoms with Gasteiger partial charge in [0.25, 0.3) is 5.91 Å². The van der Waals surface area contributed by atoms with Crippen molar-refractivity contribution < 1.29 is 4.79 Å². The third kappa shape index (κ3) is 4.18. The van der Waals surface area contributed by atoms with Crippen molar-refractivity contribution in [3.8, 4) is 0 Å². The number of benzene rings is 1. The van der Waals surface area contributed by atoms with Gasteiger partial charge in [-0.1, -0.05) is 43.6 Å². The minimum Gasteiger partial charge on any atom is -0.348 e. The molecule has 2 aromatic rings. The van der Waals surface area contributed by atoms with E-state index in [0.717, 1.165) is 23.7 Å². The fourth-order valence-electron chi connectivity index (χ4n) is 2.20. The molecule has 1 amide bonds. The third-order valence-corrected chi connectivity index (χ3v) is 3.77. The Morgan fingerprint density at radius 3 is 2.67 bits per heavy atom. The number of rotatable bonds is 5. The molecular weight excluding hydrogens is 284 g/mol. The summed E-state index contributed by atoms with van der Waals surface area (Å²) in [6.45, 7) is 6.38. The van der Waals surface area contributed by atoms with Crippen LogP contribution >= 0.6 is 11.6 Å². The standard InChI is InChI=1S/C17H21ClN2O/c1-11(2)8-9-12(3)19-17(21)16-10-14(18)13-6-4-5-7-15(13)20-16/h4-7,10-12H,8-9H2,1-3H3,(H,19,21). The molecule has 3 nitrogen and oxygen atoms in total. The predicted molar refractivity (Wildman–Crippen MR) is 87.8 cm³/mol. The fraction of sp³-hybridized carbons (Fsp3) is 0.412. The smallest absolute Gasteiger partial charge is 0.270 e. The van der Waals surface area contributed by atoms with Crippen LogP contribution in [0, 0.1) is 5.92 Å². The van der Waals surface area contributed by atoms with Gasteiger partial charge < -0.3 is 5.32 Å². The highest BCUT2D eigenvalue weighted by Gasteiger charge is 2.13. The molecular formula is C17H21ClN2O. The number of hydrogen-bond donors (Lipinski definition) is 1. The number of hydrogen-bond acceptors (Lipinski definition) is 2. The average Bonchev–Trinajstić information content (AvgIpc) is 2.45. The Labute approximate surface area is 130 Å². The summed E-state index contributed by atoms with van der Waals surface area (Å²) in [6, 6.07) is 9.32. The van der Waals surface area contributed by atoms with Gasteiger partial charge in [-0.05, 0) is 37.8 Å². The Hall–Kier alpha value is -1.61. The van der Waals surface area contributed by atoms with Gasteiger partial charge in [-0.25, -0.2) is 4.98 Å². The first kappa shape index (κ1) is 15.8. The Bertz CT molecular complexity index is 640. The molecule has 1 unspecified atom stereocenters. The lowest BCUT2D eigenvalue weighted by Crippen LogP contribution is -2.33. The van der Waals surface area contributed by atoms with E-state index in [2.05, 4.69) is 24.1 Å². The molecule has 112 valence electrons. The quantitative estimate of drug-likeness (QED) is 0.887. The Morgan fingerprint density at radius 2 is 1.95 bits per heavy atom. The molecule has 4 heteroatoms. The molecule has 0 aliphatic heterocycles. The van der Waals surface area contributed by atoms with Gasteiger partial charge in [0, 0.05) is 11.4 Å². The number of carbonyl (C=O) groups is 1. The van der Waals surface area contributed by atoms with E-state index in [0.29, 0.717) is 16.6 Å². The molecule has 0 saturated carbocycles. The van der Waals surface area contributed by atoms with Gasteiger partial charge in [-0.3, -0.25) is 4.79 Å². The van der Waals surface area contributed by atoms with Crippen molar-refractivity contribution in [2.45, 2.75) is 39.7 Å². The van der Waals surface area contributed by atoms with E-state index >= 15 is 0 Å². The highest BCUT2D eigenvalue weighted by atomic mass is 35.5. The minimum atomic E-state index is -0.168.